The molecule has 0 fully saturated rings. The van der Waals surface area contributed by atoms with E-state index in [4.69, 9.17) is 16.1 Å². The summed E-state index contributed by atoms with van der Waals surface area (Å²) >= 11 is 5.92. The van der Waals surface area contributed by atoms with Gasteiger partial charge in [0, 0.05) is 11.4 Å². The van der Waals surface area contributed by atoms with Crippen molar-refractivity contribution in [2.75, 3.05) is 10.0 Å². The van der Waals surface area contributed by atoms with E-state index in [1.54, 1.807) is 63.3 Å². The number of nitrogens with one attached hydrogen (secondary N) is 2. The highest BCUT2D eigenvalue weighted by atomic mass is 35.5. The standard InChI is InChI=1S/C22H22ClN3O4S/c1-4-21(27)24-22-15(3)25-30-20(22)12-7-16-5-9-18(10-6-16)31(28,29)26-19-11-8-17(23)13-14(19)2/h5-13,26H,4H2,1-3H3,(H,24,27). The summed E-state index contributed by atoms with van der Waals surface area (Å²) in [6.07, 6.45) is 3.76. The molecule has 9 heteroatoms. The summed E-state index contributed by atoms with van der Waals surface area (Å²) in [6, 6.07) is 11.3. The molecule has 2 aromatic carbocycles. The van der Waals surface area contributed by atoms with Crippen LogP contribution in [0.15, 0.2) is 51.9 Å². The van der Waals surface area contributed by atoms with Crippen molar-refractivity contribution in [1.82, 2.24) is 5.16 Å². The van der Waals surface area contributed by atoms with E-state index in [9.17, 15) is 13.2 Å². The highest BCUT2D eigenvalue weighted by Crippen LogP contribution is 2.25. The van der Waals surface area contributed by atoms with Crippen LogP contribution >= 0.6 is 11.6 Å². The van der Waals surface area contributed by atoms with Crippen LogP contribution in [-0.2, 0) is 14.8 Å². The van der Waals surface area contributed by atoms with Crippen molar-refractivity contribution in [1.29, 1.82) is 0 Å². The highest BCUT2D eigenvalue weighted by Gasteiger charge is 2.16. The molecular weight excluding hydrogens is 438 g/mol. The maximum Gasteiger partial charge on any atom is 0.261 e. The molecule has 1 aromatic heterocycles. The Morgan fingerprint density at radius 2 is 1.84 bits per heavy atom. The number of rotatable bonds is 7. The molecule has 3 rings (SSSR count). The van der Waals surface area contributed by atoms with E-state index in [0.29, 0.717) is 34.3 Å². The van der Waals surface area contributed by atoms with Gasteiger partial charge in [0.1, 0.15) is 11.4 Å². The van der Waals surface area contributed by atoms with Crippen molar-refractivity contribution in [3.63, 3.8) is 0 Å². The van der Waals surface area contributed by atoms with E-state index in [-0.39, 0.29) is 10.8 Å². The summed E-state index contributed by atoms with van der Waals surface area (Å²) in [7, 11) is -3.75. The van der Waals surface area contributed by atoms with Crippen molar-refractivity contribution < 1.29 is 17.7 Å². The maximum atomic E-state index is 12.7. The zero-order chi connectivity index (χ0) is 22.6. The second-order valence-corrected chi connectivity index (χ2v) is 8.99. The lowest BCUT2D eigenvalue weighted by Crippen LogP contribution is -2.13. The molecular formula is C22H22ClN3O4S. The zero-order valence-electron chi connectivity index (χ0n) is 17.3. The minimum Gasteiger partial charge on any atom is -0.354 e. The lowest BCUT2D eigenvalue weighted by Gasteiger charge is -2.11. The molecule has 3 aromatic rings. The van der Waals surface area contributed by atoms with Gasteiger partial charge in [-0.3, -0.25) is 9.52 Å². The smallest absolute Gasteiger partial charge is 0.261 e. The Balaban J connectivity index is 1.77. The van der Waals surface area contributed by atoms with E-state index in [1.165, 1.54) is 12.1 Å². The minimum absolute atomic E-state index is 0.130. The number of carbonyl (C=O) groups excluding carboxylic acids is 1. The quantitative estimate of drug-likeness (QED) is 0.501. The van der Waals surface area contributed by atoms with E-state index in [0.717, 1.165) is 11.1 Å². The number of anilines is 2. The number of hydrogen-bond acceptors (Lipinski definition) is 5. The molecule has 31 heavy (non-hydrogen) atoms. The van der Waals surface area contributed by atoms with Crippen LogP contribution in [0, 0.1) is 13.8 Å². The summed E-state index contributed by atoms with van der Waals surface area (Å²) in [6.45, 7) is 5.27. The van der Waals surface area contributed by atoms with Crippen molar-refractivity contribution in [3.05, 3.63) is 70.1 Å². The van der Waals surface area contributed by atoms with Crippen LogP contribution in [0.4, 0.5) is 11.4 Å². The third kappa shape index (κ3) is 5.53. The Morgan fingerprint density at radius 3 is 2.48 bits per heavy atom. The average Bonchev–Trinajstić information content (AvgIpc) is 3.08. The van der Waals surface area contributed by atoms with Crippen LogP contribution in [0.5, 0.6) is 0 Å². The number of sulfonamides is 1. The molecule has 0 aliphatic heterocycles. The molecule has 0 bridgehead atoms. The second kappa shape index (κ2) is 9.36. The van der Waals surface area contributed by atoms with Gasteiger partial charge in [0.15, 0.2) is 5.76 Å². The summed E-state index contributed by atoms with van der Waals surface area (Å²) in [5.41, 5.74) is 3.04. The summed E-state index contributed by atoms with van der Waals surface area (Å²) in [5, 5.41) is 7.18. The van der Waals surface area contributed by atoms with E-state index < -0.39 is 10.0 Å². The van der Waals surface area contributed by atoms with Gasteiger partial charge in [0.2, 0.25) is 5.91 Å². The minimum atomic E-state index is -3.75. The fourth-order valence-corrected chi connectivity index (χ4v) is 4.11. The molecule has 0 aliphatic carbocycles. The topological polar surface area (TPSA) is 101 Å². The largest absolute Gasteiger partial charge is 0.354 e. The molecule has 0 saturated carbocycles. The van der Waals surface area contributed by atoms with Gasteiger partial charge >= 0.3 is 0 Å². The van der Waals surface area contributed by atoms with Gasteiger partial charge < -0.3 is 9.84 Å². The number of carbonyl (C=O) groups is 1. The van der Waals surface area contributed by atoms with Crippen LogP contribution in [0.25, 0.3) is 12.2 Å². The van der Waals surface area contributed by atoms with Crippen LogP contribution in [0.2, 0.25) is 5.02 Å². The van der Waals surface area contributed by atoms with Gasteiger partial charge in [-0.1, -0.05) is 41.9 Å². The molecule has 0 spiro atoms. The number of amides is 1. The van der Waals surface area contributed by atoms with Gasteiger partial charge in [-0.05, 0) is 61.4 Å². The first-order chi connectivity index (χ1) is 14.7. The number of hydrogen-bond donors (Lipinski definition) is 2. The Hall–Kier alpha value is -3.10. The summed E-state index contributed by atoms with van der Waals surface area (Å²) in [5.74, 6) is 0.273. The highest BCUT2D eigenvalue weighted by molar-refractivity contribution is 7.92. The SMILES string of the molecule is CCC(=O)Nc1c(C)noc1C=Cc1ccc(S(=O)(=O)Nc2ccc(Cl)cc2C)cc1. The van der Waals surface area contributed by atoms with Crippen LogP contribution in [0.3, 0.4) is 0 Å². The lowest BCUT2D eigenvalue weighted by molar-refractivity contribution is -0.115. The van der Waals surface area contributed by atoms with E-state index in [1.807, 2.05) is 0 Å². The van der Waals surface area contributed by atoms with Gasteiger partial charge in [0.05, 0.1) is 10.6 Å². The average molecular weight is 460 g/mol. The number of halogens is 1. The second-order valence-electron chi connectivity index (χ2n) is 6.88. The normalized spacial score (nSPS) is 11.6. The predicted octanol–water partition coefficient (Wildman–Crippen LogP) is 5.26. The number of aryl methyl sites for hydroxylation is 2. The van der Waals surface area contributed by atoms with Crippen LogP contribution in [0.1, 0.15) is 35.9 Å². The Morgan fingerprint density at radius 1 is 1.13 bits per heavy atom. The van der Waals surface area contributed by atoms with Gasteiger partial charge in [0.25, 0.3) is 10.0 Å². The van der Waals surface area contributed by atoms with E-state index >= 15 is 0 Å². The predicted molar refractivity (Wildman–Crippen MR) is 123 cm³/mol. The number of benzene rings is 2. The molecule has 0 radical (unpaired) electrons. The van der Waals surface area contributed by atoms with Gasteiger partial charge in [-0.25, -0.2) is 8.42 Å². The molecule has 1 heterocycles. The molecule has 0 unspecified atom stereocenters. The molecule has 0 atom stereocenters. The summed E-state index contributed by atoms with van der Waals surface area (Å²) in [4.78, 5) is 11.8. The van der Waals surface area contributed by atoms with Crippen LogP contribution in [-0.4, -0.2) is 19.5 Å². The van der Waals surface area contributed by atoms with Crippen molar-refractivity contribution in [2.24, 2.45) is 0 Å². The molecule has 0 saturated heterocycles. The maximum absolute atomic E-state index is 12.7. The fourth-order valence-electron chi connectivity index (χ4n) is 2.76. The third-order valence-corrected chi connectivity index (χ3v) is 6.14. The Kier molecular flexibility index (Phi) is 6.82. The zero-order valence-corrected chi connectivity index (χ0v) is 18.8. The first-order valence-corrected chi connectivity index (χ1v) is 11.4. The van der Waals surface area contributed by atoms with Crippen molar-refractivity contribution in [2.45, 2.75) is 32.1 Å². The Bertz CT molecular complexity index is 1230. The number of nitrogens with zero attached hydrogens (tertiary/aromatic N) is 1. The molecule has 7 nitrogen and oxygen atoms in total. The van der Waals surface area contributed by atoms with Gasteiger partial charge in [-0.15, -0.1) is 0 Å². The third-order valence-electron chi connectivity index (χ3n) is 4.52. The molecule has 1 amide bonds. The fraction of sp³-hybridized carbons (Fsp3) is 0.182. The summed E-state index contributed by atoms with van der Waals surface area (Å²) < 4.78 is 33.2. The molecule has 2 N–H and O–H groups in total. The van der Waals surface area contributed by atoms with Gasteiger partial charge in [-0.2, -0.15) is 0 Å². The lowest BCUT2D eigenvalue weighted by atomic mass is 10.2. The first-order valence-electron chi connectivity index (χ1n) is 9.53. The van der Waals surface area contributed by atoms with Crippen molar-refractivity contribution >= 4 is 51.1 Å². The monoisotopic (exact) mass is 459 g/mol. The van der Waals surface area contributed by atoms with Crippen molar-refractivity contribution in [3.8, 4) is 0 Å². The first kappa shape index (κ1) is 22.6. The molecule has 0 aliphatic rings. The van der Waals surface area contributed by atoms with E-state index in [2.05, 4.69) is 15.2 Å². The van der Waals surface area contributed by atoms with Crippen LogP contribution < -0.4 is 10.0 Å². The molecule has 162 valence electrons. The number of aromatic nitrogens is 1. The Labute approximate surface area is 186 Å².